The number of carbonyl (C=O) groups is 1. The summed E-state index contributed by atoms with van der Waals surface area (Å²) in [7, 11) is -3.56. The van der Waals surface area contributed by atoms with E-state index in [4.69, 9.17) is 0 Å². The third-order valence-electron chi connectivity index (χ3n) is 3.33. The van der Waals surface area contributed by atoms with Gasteiger partial charge in [-0.1, -0.05) is 36.4 Å². The Hall–Kier alpha value is -1.97. The molecule has 0 fully saturated rings. The normalized spacial score (nSPS) is 15.0. The molecule has 22 heavy (non-hydrogen) atoms. The van der Waals surface area contributed by atoms with Gasteiger partial charge in [0, 0.05) is 24.7 Å². The van der Waals surface area contributed by atoms with Crippen LogP contribution in [0.25, 0.3) is 0 Å². The molecule has 0 bridgehead atoms. The second-order valence-electron chi connectivity index (χ2n) is 5.27. The Kier molecular flexibility index (Phi) is 5.47. The first-order valence-corrected chi connectivity index (χ1v) is 8.96. The molecule has 2 unspecified atom stereocenters. The summed E-state index contributed by atoms with van der Waals surface area (Å²) >= 11 is 0. The lowest BCUT2D eigenvalue weighted by molar-refractivity contribution is -0.141. The van der Waals surface area contributed by atoms with Gasteiger partial charge in [0.25, 0.3) is 0 Å². The van der Waals surface area contributed by atoms with Gasteiger partial charge in [-0.3, -0.25) is 14.3 Å². The van der Waals surface area contributed by atoms with Crippen molar-refractivity contribution >= 4 is 13.3 Å². The SMILES string of the molecule is O=C(O)C(Cc1cccnc1)CP(=O)(O)Cc1ccccc1. The lowest BCUT2D eigenvalue weighted by atomic mass is 10.0. The molecule has 5 nitrogen and oxygen atoms in total. The van der Waals surface area contributed by atoms with Gasteiger partial charge in [-0.05, 0) is 23.6 Å². The summed E-state index contributed by atoms with van der Waals surface area (Å²) in [5.41, 5.74) is 1.48. The number of carboxylic acid groups (broad SMARTS) is 1. The maximum Gasteiger partial charge on any atom is 0.307 e. The van der Waals surface area contributed by atoms with Gasteiger partial charge in [-0.25, -0.2) is 0 Å². The van der Waals surface area contributed by atoms with Crippen molar-refractivity contribution < 1.29 is 19.4 Å². The molecule has 116 valence electrons. The van der Waals surface area contributed by atoms with Crippen LogP contribution in [0.3, 0.4) is 0 Å². The number of hydrogen-bond acceptors (Lipinski definition) is 3. The molecule has 2 atom stereocenters. The Morgan fingerprint density at radius 1 is 1.14 bits per heavy atom. The van der Waals surface area contributed by atoms with E-state index in [1.807, 2.05) is 6.07 Å². The van der Waals surface area contributed by atoms with E-state index in [2.05, 4.69) is 4.98 Å². The van der Waals surface area contributed by atoms with E-state index < -0.39 is 19.3 Å². The fourth-order valence-electron chi connectivity index (χ4n) is 2.31. The van der Waals surface area contributed by atoms with Crippen LogP contribution >= 0.6 is 7.37 Å². The van der Waals surface area contributed by atoms with Crippen molar-refractivity contribution in [3.63, 3.8) is 0 Å². The summed E-state index contributed by atoms with van der Waals surface area (Å²) in [6, 6.07) is 12.4. The molecular formula is C16H18NO4P. The molecule has 0 aliphatic carbocycles. The number of nitrogens with zero attached hydrogens (tertiary/aromatic N) is 1. The maximum absolute atomic E-state index is 12.4. The maximum atomic E-state index is 12.4. The molecule has 0 aliphatic heterocycles. The highest BCUT2D eigenvalue weighted by Crippen LogP contribution is 2.46. The van der Waals surface area contributed by atoms with E-state index in [0.29, 0.717) is 0 Å². The summed E-state index contributed by atoms with van der Waals surface area (Å²) in [5, 5.41) is 9.31. The predicted molar refractivity (Wildman–Crippen MR) is 83.9 cm³/mol. The van der Waals surface area contributed by atoms with E-state index in [9.17, 15) is 19.4 Å². The van der Waals surface area contributed by atoms with Gasteiger partial charge in [0.2, 0.25) is 7.37 Å². The van der Waals surface area contributed by atoms with Crippen LogP contribution < -0.4 is 0 Å². The Labute approximate surface area is 129 Å². The zero-order valence-electron chi connectivity index (χ0n) is 12.0. The molecule has 2 aromatic rings. The van der Waals surface area contributed by atoms with Gasteiger partial charge in [0.05, 0.1) is 5.92 Å². The minimum absolute atomic E-state index is 0.00927. The lowest BCUT2D eigenvalue weighted by Gasteiger charge is -2.17. The van der Waals surface area contributed by atoms with Crippen molar-refractivity contribution in [2.24, 2.45) is 5.92 Å². The molecule has 2 rings (SSSR count). The molecule has 0 aliphatic rings. The number of aromatic nitrogens is 1. The number of aliphatic carboxylic acids is 1. The van der Waals surface area contributed by atoms with Crippen LogP contribution in [0.4, 0.5) is 0 Å². The molecule has 0 saturated carbocycles. The first kappa shape index (κ1) is 16.4. The van der Waals surface area contributed by atoms with Crippen molar-refractivity contribution in [1.82, 2.24) is 4.98 Å². The lowest BCUT2D eigenvalue weighted by Crippen LogP contribution is -2.21. The van der Waals surface area contributed by atoms with Crippen molar-refractivity contribution in [2.45, 2.75) is 12.6 Å². The molecule has 1 aromatic carbocycles. The van der Waals surface area contributed by atoms with Crippen LogP contribution in [0.15, 0.2) is 54.9 Å². The first-order valence-electron chi connectivity index (χ1n) is 6.93. The van der Waals surface area contributed by atoms with E-state index in [-0.39, 0.29) is 18.7 Å². The van der Waals surface area contributed by atoms with Gasteiger partial charge in [-0.2, -0.15) is 0 Å². The fraction of sp³-hybridized carbons (Fsp3) is 0.250. The van der Waals surface area contributed by atoms with Crippen LogP contribution in [0.1, 0.15) is 11.1 Å². The third kappa shape index (κ3) is 5.10. The molecule has 1 aromatic heterocycles. The van der Waals surface area contributed by atoms with E-state index >= 15 is 0 Å². The average molecular weight is 319 g/mol. The second kappa shape index (κ2) is 7.34. The second-order valence-corrected chi connectivity index (χ2v) is 7.65. The molecule has 0 spiro atoms. The zero-order chi connectivity index (χ0) is 16.0. The average Bonchev–Trinajstić information content (AvgIpc) is 2.48. The van der Waals surface area contributed by atoms with Crippen molar-refractivity contribution in [1.29, 1.82) is 0 Å². The summed E-state index contributed by atoms with van der Waals surface area (Å²) in [6.45, 7) is 0. The summed E-state index contributed by atoms with van der Waals surface area (Å²) in [4.78, 5) is 25.5. The molecule has 2 N–H and O–H groups in total. The van der Waals surface area contributed by atoms with Crippen molar-refractivity contribution in [3.05, 3.63) is 66.0 Å². The van der Waals surface area contributed by atoms with E-state index in [1.165, 1.54) is 0 Å². The number of carboxylic acids is 1. The van der Waals surface area contributed by atoms with Crippen molar-refractivity contribution in [2.75, 3.05) is 6.16 Å². The Morgan fingerprint density at radius 2 is 1.82 bits per heavy atom. The summed E-state index contributed by atoms with van der Waals surface area (Å²) in [6.07, 6.45) is 3.13. The monoisotopic (exact) mass is 319 g/mol. The molecule has 6 heteroatoms. The fourth-order valence-corrected chi connectivity index (χ4v) is 4.20. The highest BCUT2D eigenvalue weighted by Gasteiger charge is 2.29. The third-order valence-corrected chi connectivity index (χ3v) is 5.20. The van der Waals surface area contributed by atoms with Crippen LogP contribution in [0.2, 0.25) is 0 Å². The predicted octanol–water partition coefficient (Wildman–Crippen LogP) is 2.80. The van der Waals surface area contributed by atoms with Gasteiger partial charge in [0.1, 0.15) is 0 Å². The summed E-state index contributed by atoms with van der Waals surface area (Å²) in [5.74, 6) is -1.96. The van der Waals surface area contributed by atoms with Gasteiger partial charge < -0.3 is 10.00 Å². The number of rotatable bonds is 7. The minimum atomic E-state index is -3.56. The van der Waals surface area contributed by atoms with E-state index in [1.54, 1.807) is 48.8 Å². The zero-order valence-corrected chi connectivity index (χ0v) is 12.9. The number of benzene rings is 1. The molecule has 0 radical (unpaired) electrons. The molecular weight excluding hydrogens is 301 g/mol. The standard InChI is InChI=1S/C16H18NO4P/c18-16(19)15(9-14-7-4-8-17-10-14)12-22(20,21)11-13-5-2-1-3-6-13/h1-8,10,15H,9,11-12H2,(H,18,19)(H,20,21). The van der Waals surface area contributed by atoms with Gasteiger partial charge in [0.15, 0.2) is 0 Å². The van der Waals surface area contributed by atoms with E-state index in [0.717, 1.165) is 11.1 Å². The van der Waals surface area contributed by atoms with Crippen LogP contribution in [-0.2, 0) is 21.9 Å². The quantitative estimate of drug-likeness (QED) is 0.766. The molecule has 1 heterocycles. The van der Waals surface area contributed by atoms with Crippen LogP contribution in [-0.4, -0.2) is 27.1 Å². The van der Waals surface area contributed by atoms with Crippen molar-refractivity contribution in [3.8, 4) is 0 Å². The Morgan fingerprint density at radius 3 is 2.41 bits per heavy atom. The van der Waals surface area contributed by atoms with Crippen LogP contribution in [0, 0.1) is 5.92 Å². The highest BCUT2D eigenvalue weighted by molar-refractivity contribution is 7.57. The topological polar surface area (TPSA) is 87.5 Å². The molecule has 0 saturated heterocycles. The number of hydrogen-bond donors (Lipinski definition) is 2. The van der Waals surface area contributed by atoms with Gasteiger partial charge in [-0.15, -0.1) is 0 Å². The minimum Gasteiger partial charge on any atom is -0.481 e. The first-order chi connectivity index (χ1) is 10.5. The Bertz CT molecular complexity index is 660. The van der Waals surface area contributed by atoms with Gasteiger partial charge >= 0.3 is 5.97 Å². The van der Waals surface area contributed by atoms with Crippen LogP contribution in [0.5, 0.6) is 0 Å². The number of pyridine rings is 1. The smallest absolute Gasteiger partial charge is 0.307 e. The Balaban J connectivity index is 2.06. The highest BCUT2D eigenvalue weighted by atomic mass is 31.2. The molecule has 0 amide bonds. The largest absolute Gasteiger partial charge is 0.481 e. The summed E-state index contributed by atoms with van der Waals surface area (Å²) < 4.78 is 12.4.